The molecule has 4 aromatic rings. The summed E-state index contributed by atoms with van der Waals surface area (Å²) in [5, 5.41) is 14.3. The minimum atomic E-state index is 0.454. The molecule has 0 atom stereocenters. The number of hydrogen-bond acceptors (Lipinski definition) is 3. The molecule has 3 aromatic carbocycles. The first-order valence-corrected chi connectivity index (χ1v) is 10.4. The van der Waals surface area contributed by atoms with Crippen LogP contribution in [-0.4, -0.2) is 9.78 Å². The Morgan fingerprint density at radius 1 is 0.968 bits per heavy atom. The van der Waals surface area contributed by atoms with Crippen LogP contribution in [0, 0.1) is 25.2 Å². The molecule has 4 nitrogen and oxygen atoms in total. The molecule has 0 bridgehead atoms. The average Bonchev–Trinajstić information content (AvgIpc) is 3.06. The van der Waals surface area contributed by atoms with Gasteiger partial charge in [0.05, 0.1) is 22.8 Å². The maximum atomic E-state index is 9.12. The van der Waals surface area contributed by atoms with Crippen LogP contribution in [0.5, 0.6) is 5.75 Å². The molecule has 31 heavy (non-hydrogen) atoms. The number of benzene rings is 3. The number of rotatable bonds is 6. The van der Waals surface area contributed by atoms with Gasteiger partial charge in [-0.25, -0.2) is 0 Å². The standard InChI is InChI=1S/C26H22ClN3O/c1-18-26(22-11-12-23(15-28)25(27)14-22)19(2)30(29-18)16-21-9-6-10-24(13-21)31-17-20-7-4-3-5-8-20/h3-14H,16-17H2,1-2H3. The Labute approximate surface area is 187 Å². The molecule has 0 unspecified atom stereocenters. The van der Waals surface area contributed by atoms with E-state index in [9.17, 15) is 0 Å². The first-order chi connectivity index (χ1) is 15.0. The third kappa shape index (κ3) is 4.63. The summed E-state index contributed by atoms with van der Waals surface area (Å²) in [6, 6.07) is 25.8. The molecule has 0 fully saturated rings. The molecule has 5 heteroatoms. The fraction of sp³-hybridized carbons (Fsp3) is 0.154. The van der Waals surface area contributed by atoms with E-state index in [4.69, 9.17) is 26.7 Å². The number of nitriles is 1. The van der Waals surface area contributed by atoms with Crippen molar-refractivity contribution in [1.82, 2.24) is 9.78 Å². The fourth-order valence-electron chi connectivity index (χ4n) is 3.68. The summed E-state index contributed by atoms with van der Waals surface area (Å²) in [4.78, 5) is 0. The van der Waals surface area contributed by atoms with Gasteiger partial charge in [0, 0.05) is 11.3 Å². The van der Waals surface area contributed by atoms with Crippen molar-refractivity contribution in [1.29, 1.82) is 5.26 Å². The van der Waals surface area contributed by atoms with Gasteiger partial charge in [-0.05, 0) is 54.8 Å². The molecule has 0 spiro atoms. The van der Waals surface area contributed by atoms with Crippen molar-refractivity contribution >= 4 is 11.6 Å². The Hall–Kier alpha value is -3.55. The molecule has 0 radical (unpaired) electrons. The Bertz CT molecular complexity index is 1260. The van der Waals surface area contributed by atoms with Crippen LogP contribution in [-0.2, 0) is 13.2 Å². The highest BCUT2D eigenvalue weighted by atomic mass is 35.5. The third-order valence-corrected chi connectivity index (χ3v) is 5.55. The van der Waals surface area contributed by atoms with Crippen molar-refractivity contribution in [2.45, 2.75) is 27.0 Å². The van der Waals surface area contributed by atoms with Gasteiger partial charge in [-0.2, -0.15) is 10.4 Å². The molecule has 0 aliphatic rings. The summed E-state index contributed by atoms with van der Waals surface area (Å²) < 4.78 is 7.96. The Morgan fingerprint density at radius 3 is 2.48 bits per heavy atom. The van der Waals surface area contributed by atoms with Gasteiger partial charge in [0.1, 0.15) is 18.4 Å². The van der Waals surface area contributed by atoms with Gasteiger partial charge in [-0.3, -0.25) is 4.68 Å². The normalized spacial score (nSPS) is 10.6. The molecule has 154 valence electrons. The van der Waals surface area contributed by atoms with E-state index < -0.39 is 0 Å². The number of hydrogen-bond donors (Lipinski definition) is 0. The minimum Gasteiger partial charge on any atom is -0.489 e. The minimum absolute atomic E-state index is 0.454. The van der Waals surface area contributed by atoms with Gasteiger partial charge < -0.3 is 4.74 Å². The number of aromatic nitrogens is 2. The average molecular weight is 428 g/mol. The van der Waals surface area contributed by atoms with Crippen LogP contribution in [0.1, 0.15) is 28.1 Å². The van der Waals surface area contributed by atoms with Crippen molar-refractivity contribution in [2.24, 2.45) is 0 Å². The summed E-state index contributed by atoms with van der Waals surface area (Å²) in [5.74, 6) is 0.835. The number of nitrogens with zero attached hydrogens (tertiary/aromatic N) is 3. The maximum absolute atomic E-state index is 9.12. The topological polar surface area (TPSA) is 50.8 Å². The van der Waals surface area contributed by atoms with Crippen LogP contribution in [0.3, 0.4) is 0 Å². The van der Waals surface area contributed by atoms with Crippen LogP contribution in [0.15, 0.2) is 72.8 Å². The lowest BCUT2D eigenvalue weighted by molar-refractivity contribution is 0.306. The van der Waals surface area contributed by atoms with E-state index in [0.717, 1.165) is 39.4 Å². The van der Waals surface area contributed by atoms with Crippen molar-refractivity contribution in [3.8, 4) is 22.9 Å². The Balaban J connectivity index is 1.55. The largest absolute Gasteiger partial charge is 0.489 e. The fourth-order valence-corrected chi connectivity index (χ4v) is 3.90. The van der Waals surface area contributed by atoms with Crippen LogP contribution in [0.4, 0.5) is 0 Å². The van der Waals surface area contributed by atoms with Gasteiger partial charge in [0.2, 0.25) is 0 Å². The van der Waals surface area contributed by atoms with Crippen LogP contribution in [0.25, 0.3) is 11.1 Å². The zero-order chi connectivity index (χ0) is 21.8. The lowest BCUT2D eigenvalue weighted by atomic mass is 10.0. The first-order valence-electron chi connectivity index (χ1n) is 10.0. The third-order valence-electron chi connectivity index (χ3n) is 5.24. The molecule has 1 heterocycles. The second-order valence-electron chi connectivity index (χ2n) is 7.43. The molecule has 0 N–H and O–H groups in total. The maximum Gasteiger partial charge on any atom is 0.120 e. The Kier molecular flexibility index (Phi) is 6.06. The quantitative estimate of drug-likeness (QED) is 0.361. The summed E-state index contributed by atoms with van der Waals surface area (Å²) in [6.07, 6.45) is 0. The monoisotopic (exact) mass is 427 g/mol. The molecule has 0 aliphatic heterocycles. The van der Waals surface area contributed by atoms with E-state index in [1.807, 2.05) is 54.1 Å². The van der Waals surface area contributed by atoms with E-state index in [0.29, 0.717) is 23.7 Å². The lowest BCUT2D eigenvalue weighted by Crippen LogP contribution is -2.04. The second kappa shape index (κ2) is 9.07. The Morgan fingerprint density at radius 2 is 1.74 bits per heavy atom. The van der Waals surface area contributed by atoms with Gasteiger partial charge in [0.15, 0.2) is 0 Å². The van der Waals surface area contributed by atoms with Gasteiger partial charge in [-0.15, -0.1) is 0 Å². The highest BCUT2D eigenvalue weighted by Crippen LogP contribution is 2.31. The molecule has 0 amide bonds. The highest BCUT2D eigenvalue weighted by molar-refractivity contribution is 6.32. The van der Waals surface area contributed by atoms with Gasteiger partial charge in [-0.1, -0.05) is 60.1 Å². The van der Waals surface area contributed by atoms with E-state index >= 15 is 0 Å². The molecule has 0 saturated heterocycles. The van der Waals surface area contributed by atoms with E-state index in [1.54, 1.807) is 6.07 Å². The van der Waals surface area contributed by atoms with Crippen LogP contribution < -0.4 is 4.74 Å². The van der Waals surface area contributed by atoms with E-state index in [-0.39, 0.29) is 0 Å². The molecule has 4 rings (SSSR count). The summed E-state index contributed by atoms with van der Waals surface area (Å²) in [6.45, 7) is 5.22. The number of aryl methyl sites for hydroxylation is 1. The summed E-state index contributed by atoms with van der Waals surface area (Å²) >= 11 is 6.25. The van der Waals surface area contributed by atoms with Crippen molar-refractivity contribution in [3.05, 3.63) is 106 Å². The predicted octanol–water partition coefficient (Wildman–Crippen LogP) is 6.32. The number of ether oxygens (including phenoxy) is 1. The van der Waals surface area contributed by atoms with Crippen LogP contribution in [0.2, 0.25) is 5.02 Å². The van der Waals surface area contributed by atoms with Crippen molar-refractivity contribution in [2.75, 3.05) is 0 Å². The molecule has 0 saturated carbocycles. The van der Waals surface area contributed by atoms with Gasteiger partial charge >= 0.3 is 0 Å². The van der Waals surface area contributed by atoms with Crippen molar-refractivity contribution < 1.29 is 4.74 Å². The predicted molar refractivity (Wildman–Crippen MR) is 123 cm³/mol. The molecule has 1 aromatic heterocycles. The second-order valence-corrected chi connectivity index (χ2v) is 7.84. The van der Waals surface area contributed by atoms with E-state index in [1.165, 1.54) is 0 Å². The first kappa shape index (κ1) is 20.7. The summed E-state index contributed by atoms with van der Waals surface area (Å²) in [7, 11) is 0. The summed E-state index contributed by atoms with van der Waals surface area (Å²) in [5.41, 5.74) is 6.70. The zero-order valence-electron chi connectivity index (χ0n) is 17.5. The smallest absolute Gasteiger partial charge is 0.120 e. The molecular formula is C26H22ClN3O. The molecular weight excluding hydrogens is 406 g/mol. The van der Waals surface area contributed by atoms with Crippen LogP contribution >= 0.6 is 11.6 Å². The zero-order valence-corrected chi connectivity index (χ0v) is 18.2. The molecule has 0 aliphatic carbocycles. The van der Waals surface area contributed by atoms with E-state index in [2.05, 4.69) is 37.3 Å². The van der Waals surface area contributed by atoms with Crippen molar-refractivity contribution in [3.63, 3.8) is 0 Å². The number of halogens is 1. The SMILES string of the molecule is Cc1nn(Cc2cccc(OCc3ccccc3)c2)c(C)c1-c1ccc(C#N)c(Cl)c1. The highest BCUT2D eigenvalue weighted by Gasteiger charge is 2.15. The lowest BCUT2D eigenvalue weighted by Gasteiger charge is -2.10. The van der Waals surface area contributed by atoms with Gasteiger partial charge in [0.25, 0.3) is 0 Å².